The monoisotopic (exact) mass is 450 g/mol. The Labute approximate surface area is 188 Å². The Balaban J connectivity index is 1.36. The summed E-state index contributed by atoms with van der Waals surface area (Å²) in [6, 6.07) is 6.40. The van der Waals surface area contributed by atoms with Gasteiger partial charge < -0.3 is 35.3 Å². The molecule has 0 radical (unpaired) electrons. The van der Waals surface area contributed by atoms with Crippen LogP contribution in [-0.2, 0) is 14.3 Å². The molecule has 3 rings (SSSR count). The zero-order valence-electron chi connectivity index (χ0n) is 18.5. The number of ether oxygens (including phenoxy) is 3. The number of carbonyl (C=O) groups excluding carboxylic acids is 2. The Bertz CT molecular complexity index is 726. The Hall–Kier alpha value is -2.40. The number of hydrogen-bond acceptors (Lipinski definition) is 7. The Morgan fingerprint density at radius 3 is 2.62 bits per heavy atom. The number of carbonyl (C=O) groups is 2. The number of aliphatic hydroxyl groups is 1. The maximum atomic E-state index is 12.3. The maximum absolute atomic E-state index is 12.3. The topological polar surface area (TPSA) is 121 Å². The quantitative estimate of drug-likeness (QED) is 0.434. The molecule has 0 saturated carbocycles. The van der Waals surface area contributed by atoms with Gasteiger partial charge in [-0.3, -0.25) is 9.69 Å². The van der Waals surface area contributed by atoms with E-state index in [1.165, 1.54) is 0 Å². The number of morpholine rings is 1. The number of anilines is 1. The van der Waals surface area contributed by atoms with Crippen LogP contribution in [0.1, 0.15) is 19.3 Å². The van der Waals surface area contributed by atoms with Gasteiger partial charge in [0.2, 0.25) is 5.91 Å². The fraction of sp³-hybridized carbons (Fsp3) is 0.636. The second kappa shape index (κ2) is 12.6. The summed E-state index contributed by atoms with van der Waals surface area (Å²) in [6.45, 7) is 3.59. The third-order valence-corrected chi connectivity index (χ3v) is 5.72. The van der Waals surface area contributed by atoms with E-state index in [0.717, 1.165) is 19.5 Å². The molecule has 4 N–H and O–H groups in total. The lowest BCUT2D eigenvalue weighted by molar-refractivity contribution is -0.123. The third-order valence-electron chi connectivity index (χ3n) is 5.72. The van der Waals surface area contributed by atoms with Crippen LogP contribution in [-0.4, -0.2) is 93.3 Å². The summed E-state index contributed by atoms with van der Waals surface area (Å²) in [5.41, 5.74) is 0.645. The Kier molecular flexibility index (Phi) is 9.54. The number of benzene rings is 1. The first-order valence-electron chi connectivity index (χ1n) is 11.1. The number of aliphatic hydroxyl groups excluding tert-OH is 1. The number of nitrogens with one attached hydrogen (secondary N) is 3. The minimum Gasteiger partial charge on any atom is -0.497 e. The predicted molar refractivity (Wildman–Crippen MR) is 119 cm³/mol. The van der Waals surface area contributed by atoms with E-state index in [2.05, 4.69) is 20.9 Å². The summed E-state index contributed by atoms with van der Waals surface area (Å²) in [4.78, 5) is 26.5. The number of urea groups is 1. The summed E-state index contributed by atoms with van der Waals surface area (Å²) in [6.07, 6.45) is 1.53. The highest BCUT2D eigenvalue weighted by Gasteiger charge is 2.31. The first-order valence-corrected chi connectivity index (χ1v) is 11.1. The zero-order chi connectivity index (χ0) is 22.8. The standard InChI is InChI=1S/C22H34N4O6/c1-30-17-4-2-16(3-5-17)24-22(29)25-19-7-6-18(32-20(19)15-27)8-9-23-21(28)14-26-10-12-31-13-11-26/h2-5,18-20,27H,6-15H2,1H3,(H,23,28)(H2,24,25,29)/t18-,19+,20+/m1/s1. The molecule has 2 saturated heterocycles. The Morgan fingerprint density at radius 2 is 1.94 bits per heavy atom. The summed E-state index contributed by atoms with van der Waals surface area (Å²) in [5, 5.41) is 18.3. The van der Waals surface area contributed by atoms with E-state index in [4.69, 9.17) is 14.2 Å². The molecule has 3 amide bonds. The van der Waals surface area contributed by atoms with E-state index in [9.17, 15) is 14.7 Å². The van der Waals surface area contributed by atoms with Gasteiger partial charge in [0, 0.05) is 25.3 Å². The van der Waals surface area contributed by atoms with Crippen LogP contribution in [0.2, 0.25) is 0 Å². The van der Waals surface area contributed by atoms with Gasteiger partial charge in [0.1, 0.15) is 11.9 Å². The molecule has 32 heavy (non-hydrogen) atoms. The van der Waals surface area contributed by atoms with Crippen molar-refractivity contribution in [3.63, 3.8) is 0 Å². The zero-order valence-corrected chi connectivity index (χ0v) is 18.5. The van der Waals surface area contributed by atoms with Gasteiger partial charge >= 0.3 is 6.03 Å². The van der Waals surface area contributed by atoms with E-state index < -0.39 is 6.10 Å². The summed E-state index contributed by atoms with van der Waals surface area (Å²) < 4.78 is 16.4. The van der Waals surface area contributed by atoms with Gasteiger partial charge in [0.05, 0.1) is 45.6 Å². The number of nitrogens with zero attached hydrogens (tertiary/aromatic N) is 1. The van der Waals surface area contributed by atoms with E-state index in [-0.39, 0.29) is 30.7 Å². The molecule has 2 aliphatic heterocycles. The van der Waals surface area contributed by atoms with Gasteiger partial charge in [0.15, 0.2) is 0 Å². The Morgan fingerprint density at radius 1 is 1.19 bits per heavy atom. The second-order valence-electron chi connectivity index (χ2n) is 8.02. The molecule has 0 bridgehead atoms. The minimum atomic E-state index is -0.487. The van der Waals surface area contributed by atoms with Crippen molar-refractivity contribution in [1.29, 1.82) is 0 Å². The predicted octanol–water partition coefficient (Wildman–Crippen LogP) is 0.564. The fourth-order valence-electron chi connectivity index (χ4n) is 3.91. The molecule has 178 valence electrons. The fourth-order valence-corrected chi connectivity index (χ4v) is 3.91. The molecule has 0 unspecified atom stereocenters. The molecular weight excluding hydrogens is 416 g/mol. The van der Waals surface area contributed by atoms with Crippen molar-refractivity contribution in [2.75, 3.05) is 58.4 Å². The molecule has 2 heterocycles. The average molecular weight is 451 g/mol. The van der Waals surface area contributed by atoms with Crippen molar-refractivity contribution in [2.24, 2.45) is 0 Å². The lowest BCUT2D eigenvalue weighted by Gasteiger charge is -2.36. The van der Waals surface area contributed by atoms with E-state index in [1.54, 1.807) is 31.4 Å². The molecule has 0 aliphatic carbocycles. The van der Waals surface area contributed by atoms with Crippen LogP contribution < -0.4 is 20.7 Å². The smallest absolute Gasteiger partial charge is 0.319 e. The summed E-state index contributed by atoms with van der Waals surface area (Å²) in [5.74, 6) is 0.705. The van der Waals surface area contributed by atoms with Crippen LogP contribution in [0.5, 0.6) is 5.75 Å². The molecule has 0 spiro atoms. The molecule has 10 nitrogen and oxygen atoms in total. The number of hydrogen-bond donors (Lipinski definition) is 4. The van der Waals surface area contributed by atoms with Crippen LogP contribution >= 0.6 is 0 Å². The van der Waals surface area contributed by atoms with Crippen molar-refractivity contribution in [3.05, 3.63) is 24.3 Å². The van der Waals surface area contributed by atoms with Crippen molar-refractivity contribution in [1.82, 2.24) is 15.5 Å². The number of rotatable bonds is 9. The van der Waals surface area contributed by atoms with Gasteiger partial charge in [-0.15, -0.1) is 0 Å². The molecule has 0 aromatic heterocycles. The van der Waals surface area contributed by atoms with Crippen molar-refractivity contribution in [3.8, 4) is 5.75 Å². The second-order valence-corrected chi connectivity index (χ2v) is 8.02. The average Bonchev–Trinajstić information content (AvgIpc) is 2.81. The lowest BCUT2D eigenvalue weighted by atomic mass is 9.97. The van der Waals surface area contributed by atoms with Gasteiger partial charge in [-0.1, -0.05) is 0 Å². The first-order chi connectivity index (χ1) is 15.6. The van der Waals surface area contributed by atoms with Gasteiger partial charge in [-0.05, 0) is 43.5 Å². The van der Waals surface area contributed by atoms with E-state index in [0.29, 0.717) is 50.6 Å². The van der Waals surface area contributed by atoms with Gasteiger partial charge in [0.25, 0.3) is 0 Å². The number of methoxy groups -OCH3 is 1. The van der Waals surface area contributed by atoms with Crippen molar-refractivity contribution >= 4 is 17.6 Å². The maximum Gasteiger partial charge on any atom is 0.319 e. The van der Waals surface area contributed by atoms with Crippen LogP contribution in [0.3, 0.4) is 0 Å². The SMILES string of the molecule is COc1ccc(NC(=O)N[C@H]2CC[C@H](CCNC(=O)CN3CCOCC3)O[C@H]2CO)cc1. The molecular formula is C22H34N4O6. The van der Waals surface area contributed by atoms with E-state index in [1.807, 2.05) is 0 Å². The largest absolute Gasteiger partial charge is 0.497 e. The lowest BCUT2D eigenvalue weighted by Crippen LogP contribution is -2.52. The summed E-state index contributed by atoms with van der Waals surface area (Å²) >= 11 is 0. The van der Waals surface area contributed by atoms with Crippen LogP contribution in [0.4, 0.5) is 10.5 Å². The van der Waals surface area contributed by atoms with Gasteiger partial charge in [-0.25, -0.2) is 4.79 Å². The molecule has 2 aliphatic rings. The number of amides is 3. The molecule has 3 atom stereocenters. The normalized spacial score (nSPS) is 23.9. The summed E-state index contributed by atoms with van der Waals surface area (Å²) in [7, 11) is 1.58. The third kappa shape index (κ3) is 7.63. The van der Waals surface area contributed by atoms with Crippen LogP contribution in [0, 0.1) is 0 Å². The highest BCUT2D eigenvalue weighted by Crippen LogP contribution is 2.22. The molecule has 1 aromatic carbocycles. The molecule has 1 aromatic rings. The van der Waals surface area contributed by atoms with Crippen LogP contribution in [0.15, 0.2) is 24.3 Å². The van der Waals surface area contributed by atoms with Gasteiger partial charge in [-0.2, -0.15) is 0 Å². The molecule has 2 fully saturated rings. The minimum absolute atomic E-state index is 0.00355. The highest BCUT2D eigenvalue weighted by molar-refractivity contribution is 5.89. The first kappa shape index (κ1) is 24.2. The highest BCUT2D eigenvalue weighted by atomic mass is 16.5. The van der Waals surface area contributed by atoms with Crippen LogP contribution in [0.25, 0.3) is 0 Å². The van der Waals surface area contributed by atoms with Crippen molar-refractivity contribution in [2.45, 2.75) is 37.5 Å². The van der Waals surface area contributed by atoms with Crippen molar-refractivity contribution < 1.29 is 28.9 Å². The van der Waals surface area contributed by atoms with E-state index >= 15 is 0 Å². The molecule has 10 heteroatoms.